The summed E-state index contributed by atoms with van der Waals surface area (Å²) in [4.78, 5) is 0. The average Bonchev–Trinajstić information content (AvgIpc) is 2.89. The molecule has 2 heterocycles. The lowest BCUT2D eigenvalue weighted by atomic mass is 9.96. The Balaban J connectivity index is 1.78. The van der Waals surface area contributed by atoms with Crippen LogP contribution >= 0.6 is 11.8 Å². The van der Waals surface area contributed by atoms with E-state index in [0.29, 0.717) is 11.3 Å². The SMILES string of the molecule is CCNC1CCCCCCC1Sc1nnc2ccccn12. The molecule has 3 rings (SSSR count). The van der Waals surface area contributed by atoms with Crippen molar-refractivity contribution in [2.75, 3.05) is 6.54 Å². The Morgan fingerprint density at radius 2 is 2.05 bits per heavy atom. The molecule has 1 aliphatic carbocycles. The highest BCUT2D eigenvalue weighted by Gasteiger charge is 2.24. The highest BCUT2D eigenvalue weighted by molar-refractivity contribution is 7.99. The molecule has 0 spiro atoms. The molecule has 2 unspecified atom stereocenters. The van der Waals surface area contributed by atoms with Crippen LogP contribution in [0.3, 0.4) is 0 Å². The van der Waals surface area contributed by atoms with E-state index in [9.17, 15) is 0 Å². The number of fused-ring (bicyclic) bond motifs is 1. The van der Waals surface area contributed by atoms with Crippen molar-refractivity contribution in [3.05, 3.63) is 24.4 Å². The molecule has 21 heavy (non-hydrogen) atoms. The highest BCUT2D eigenvalue weighted by atomic mass is 32.2. The molecule has 0 saturated heterocycles. The summed E-state index contributed by atoms with van der Waals surface area (Å²) < 4.78 is 2.10. The van der Waals surface area contributed by atoms with Crippen LogP contribution in [0.25, 0.3) is 5.65 Å². The standard InChI is InChI=1S/C16H24N4S/c1-2-17-13-9-5-3-4-6-10-14(13)21-16-19-18-15-11-7-8-12-20(15)16/h7-8,11-14,17H,2-6,9-10H2,1H3. The molecular weight excluding hydrogens is 280 g/mol. The van der Waals surface area contributed by atoms with Gasteiger partial charge in [0, 0.05) is 17.5 Å². The summed E-state index contributed by atoms with van der Waals surface area (Å²) in [5.74, 6) is 0. The van der Waals surface area contributed by atoms with E-state index in [-0.39, 0.29) is 0 Å². The molecule has 1 aliphatic rings. The molecule has 4 nitrogen and oxygen atoms in total. The molecule has 0 aliphatic heterocycles. The quantitative estimate of drug-likeness (QED) is 0.938. The lowest BCUT2D eigenvalue weighted by Crippen LogP contribution is -2.38. The molecule has 1 fully saturated rings. The van der Waals surface area contributed by atoms with Crippen molar-refractivity contribution >= 4 is 17.4 Å². The molecular formula is C16H24N4S. The van der Waals surface area contributed by atoms with Crippen LogP contribution in [0.15, 0.2) is 29.6 Å². The Morgan fingerprint density at radius 3 is 2.90 bits per heavy atom. The van der Waals surface area contributed by atoms with Gasteiger partial charge in [-0.15, -0.1) is 10.2 Å². The summed E-state index contributed by atoms with van der Waals surface area (Å²) in [5, 5.41) is 14.0. The van der Waals surface area contributed by atoms with E-state index in [4.69, 9.17) is 0 Å². The minimum absolute atomic E-state index is 0.594. The van der Waals surface area contributed by atoms with E-state index in [0.717, 1.165) is 17.3 Å². The Hall–Kier alpha value is -1.07. The maximum absolute atomic E-state index is 4.39. The van der Waals surface area contributed by atoms with Crippen LogP contribution in [0.2, 0.25) is 0 Å². The van der Waals surface area contributed by atoms with E-state index >= 15 is 0 Å². The number of hydrogen-bond donors (Lipinski definition) is 1. The molecule has 2 atom stereocenters. The number of rotatable bonds is 4. The molecule has 5 heteroatoms. The number of pyridine rings is 1. The third-order valence-corrected chi connectivity index (χ3v) is 5.56. The van der Waals surface area contributed by atoms with Gasteiger partial charge in [-0.25, -0.2) is 0 Å². The first-order chi connectivity index (χ1) is 10.4. The second-order valence-corrected chi connectivity index (χ2v) is 6.93. The molecule has 1 N–H and O–H groups in total. The summed E-state index contributed by atoms with van der Waals surface area (Å²) in [6.45, 7) is 3.25. The fourth-order valence-corrected chi connectivity index (χ4v) is 4.43. The first kappa shape index (κ1) is 14.9. The maximum Gasteiger partial charge on any atom is 0.195 e. The summed E-state index contributed by atoms with van der Waals surface area (Å²) in [5.41, 5.74) is 0.936. The lowest BCUT2D eigenvalue weighted by Gasteiger charge is -2.29. The van der Waals surface area contributed by atoms with Crippen LogP contribution in [0.4, 0.5) is 0 Å². The highest BCUT2D eigenvalue weighted by Crippen LogP contribution is 2.31. The van der Waals surface area contributed by atoms with E-state index < -0.39 is 0 Å². The lowest BCUT2D eigenvalue weighted by molar-refractivity contribution is 0.405. The third-order valence-electron chi connectivity index (χ3n) is 4.21. The number of nitrogens with one attached hydrogen (secondary N) is 1. The monoisotopic (exact) mass is 304 g/mol. The average molecular weight is 304 g/mol. The fraction of sp³-hybridized carbons (Fsp3) is 0.625. The van der Waals surface area contributed by atoms with Gasteiger partial charge in [0.2, 0.25) is 0 Å². The van der Waals surface area contributed by atoms with E-state index in [1.807, 2.05) is 30.0 Å². The molecule has 2 aromatic rings. The van der Waals surface area contributed by atoms with Crippen LogP contribution in [-0.2, 0) is 0 Å². The van der Waals surface area contributed by atoms with Crippen LogP contribution in [0, 0.1) is 0 Å². The van der Waals surface area contributed by atoms with E-state index in [2.05, 4.69) is 33.0 Å². The summed E-state index contributed by atoms with van der Waals surface area (Å²) in [6.07, 6.45) is 10.0. The minimum Gasteiger partial charge on any atom is -0.313 e. The van der Waals surface area contributed by atoms with Crippen molar-refractivity contribution in [3.8, 4) is 0 Å². The van der Waals surface area contributed by atoms with Crippen LogP contribution in [0.1, 0.15) is 45.4 Å². The Kier molecular flexibility index (Phi) is 5.14. The summed E-state index contributed by atoms with van der Waals surface area (Å²) >= 11 is 1.90. The topological polar surface area (TPSA) is 42.2 Å². The van der Waals surface area contributed by atoms with Crippen molar-refractivity contribution in [2.45, 2.75) is 61.9 Å². The van der Waals surface area contributed by atoms with Gasteiger partial charge < -0.3 is 5.32 Å². The van der Waals surface area contributed by atoms with Gasteiger partial charge in [-0.1, -0.05) is 50.4 Å². The number of aromatic nitrogens is 3. The van der Waals surface area contributed by atoms with Crippen molar-refractivity contribution in [1.82, 2.24) is 19.9 Å². The molecule has 0 radical (unpaired) electrons. The minimum atomic E-state index is 0.594. The van der Waals surface area contributed by atoms with Gasteiger partial charge in [0.25, 0.3) is 0 Å². The van der Waals surface area contributed by atoms with Gasteiger partial charge in [0.15, 0.2) is 10.8 Å². The fourth-order valence-electron chi connectivity index (χ4n) is 3.12. The second-order valence-electron chi connectivity index (χ2n) is 5.72. The van der Waals surface area contributed by atoms with Gasteiger partial charge in [-0.2, -0.15) is 0 Å². The Bertz CT molecular complexity index is 568. The molecule has 2 aromatic heterocycles. The van der Waals surface area contributed by atoms with Gasteiger partial charge in [-0.05, 0) is 31.5 Å². The first-order valence-electron chi connectivity index (χ1n) is 8.08. The molecule has 0 aromatic carbocycles. The summed E-state index contributed by atoms with van der Waals surface area (Å²) in [7, 11) is 0. The Morgan fingerprint density at radius 1 is 1.19 bits per heavy atom. The zero-order valence-corrected chi connectivity index (χ0v) is 13.5. The molecule has 0 amide bonds. The summed E-state index contributed by atoms with van der Waals surface area (Å²) in [6, 6.07) is 6.66. The number of hydrogen-bond acceptors (Lipinski definition) is 4. The smallest absolute Gasteiger partial charge is 0.195 e. The predicted octanol–water partition coefficient (Wildman–Crippen LogP) is 3.52. The number of thioether (sulfide) groups is 1. The molecule has 1 saturated carbocycles. The second kappa shape index (κ2) is 7.27. The maximum atomic E-state index is 4.39. The van der Waals surface area contributed by atoms with Crippen molar-refractivity contribution < 1.29 is 0 Å². The van der Waals surface area contributed by atoms with Crippen molar-refractivity contribution in [2.24, 2.45) is 0 Å². The Labute approximate surface area is 130 Å². The van der Waals surface area contributed by atoms with Gasteiger partial charge >= 0.3 is 0 Å². The van der Waals surface area contributed by atoms with E-state index in [1.54, 1.807) is 0 Å². The van der Waals surface area contributed by atoms with Crippen molar-refractivity contribution in [1.29, 1.82) is 0 Å². The largest absolute Gasteiger partial charge is 0.313 e. The van der Waals surface area contributed by atoms with Crippen LogP contribution in [0.5, 0.6) is 0 Å². The third kappa shape index (κ3) is 3.58. The predicted molar refractivity (Wildman–Crippen MR) is 87.8 cm³/mol. The molecule has 114 valence electrons. The zero-order valence-electron chi connectivity index (χ0n) is 12.7. The van der Waals surface area contributed by atoms with Gasteiger partial charge in [-0.3, -0.25) is 4.40 Å². The van der Waals surface area contributed by atoms with E-state index in [1.165, 1.54) is 38.5 Å². The molecule has 0 bridgehead atoms. The van der Waals surface area contributed by atoms with Gasteiger partial charge in [0.1, 0.15) is 0 Å². The number of nitrogens with zero attached hydrogens (tertiary/aromatic N) is 3. The van der Waals surface area contributed by atoms with Crippen LogP contribution < -0.4 is 5.32 Å². The van der Waals surface area contributed by atoms with Crippen LogP contribution in [-0.4, -0.2) is 32.4 Å². The first-order valence-corrected chi connectivity index (χ1v) is 8.96. The van der Waals surface area contributed by atoms with Gasteiger partial charge in [0.05, 0.1) is 0 Å². The van der Waals surface area contributed by atoms with Crippen molar-refractivity contribution in [3.63, 3.8) is 0 Å². The normalized spacial score (nSPS) is 23.9. The zero-order chi connectivity index (χ0) is 14.5.